The number of aryl methyl sites for hydroxylation is 1. The summed E-state index contributed by atoms with van der Waals surface area (Å²) in [6, 6.07) is 0.0515. The van der Waals surface area contributed by atoms with Crippen molar-refractivity contribution in [3.63, 3.8) is 0 Å². The van der Waals surface area contributed by atoms with Crippen LogP contribution in [0.2, 0.25) is 0 Å². The molecule has 0 spiro atoms. The fourth-order valence-electron chi connectivity index (χ4n) is 2.51. The molecule has 20 heavy (non-hydrogen) atoms. The van der Waals surface area contributed by atoms with E-state index in [1.54, 1.807) is 18.0 Å². The van der Waals surface area contributed by atoms with Crippen molar-refractivity contribution in [2.45, 2.75) is 36.9 Å². The molecule has 1 aromatic rings. The molecule has 2 heterocycles. The van der Waals surface area contributed by atoms with E-state index in [-0.39, 0.29) is 11.9 Å². The summed E-state index contributed by atoms with van der Waals surface area (Å²) in [5, 5.41) is 4.05. The monoisotopic (exact) mass is 296 g/mol. The van der Waals surface area contributed by atoms with Gasteiger partial charge in [-0.05, 0) is 26.4 Å². The highest BCUT2D eigenvalue weighted by molar-refractivity contribution is 7.99. The molecule has 0 aliphatic carbocycles. The average molecular weight is 296 g/mol. The molecule has 0 bridgehead atoms. The van der Waals surface area contributed by atoms with Crippen LogP contribution in [0.15, 0.2) is 17.6 Å². The van der Waals surface area contributed by atoms with E-state index in [4.69, 9.17) is 0 Å². The number of aromatic nitrogens is 2. The van der Waals surface area contributed by atoms with Crippen LogP contribution < -0.4 is 5.32 Å². The maximum Gasteiger partial charge on any atom is 0.237 e. The zero-order valence-electron chi connectivity index (χ0n) is 12.3. The van der Waals surface area contributed by atoms with Crippen LogP contribution >= 0.6 is 11.8 Å². The summed E-state index contributed by atoms with van der Waals surface area (Å²) in [4.78, 5) is 18.6. The molecular formula is C14H24N4OS. The number of imidazole rings is 1. The van der Waals surface area contributed by atoms with Crippen LogP contribution in [-0.4, -0.2) is 52.3 Å². The second-order valence-electron chi connectivity index (χ2n) is 5.31. The lowest BCUT2D eigenvalue weighted by molar-refractivity contribution is -0.125. The number of carbonyl (C=O) groups excluding carboxylic acids is 1. The largest absolute Gasteiger partial charge is 0.354 e. The van der Waals surface area contributed by atoms with Gasteiger partial charge in [-0.1, -0.05) is 24.6 Å². The quantitative estimate of drug-likeness (QED) is 0.661. The van der Waals surface area contributed by atoms with Crippen molar-refractivity contribution in [2.24, 2.45) is 7.05 Å². The maximum atomic E-state index is 12.2. The molecule has 0 saturated carbocycles. The number of hydrogen-bond acceptors (Lipinski definition) is 4. The summed E-state index contributed by atoms with van der Waals surface area (Å²) in [5.41, 5.74) is 0. The van der Waals surface area contributed by atoms with E-state index >= 15 is 0 Å². The van der Waals surface area contributed by atoms with Gasteiger partial charge >= 0.3 is 0 Å². The molecule has 0 aromatic carbocycles. The van der Waals surface area contributed by atoms with Crippen LogP contribution in [0, 0.1) is 0 Å². The number of rotatable bonds is 5. The molecule has 0 radical (unpaired) electrons. The Bertz CT molecular complexity index is 435. The average Bonchev–Trinajstić information content (AvgIpc) is 2.70. The van der Waals surface area contributed by atoms with E-state index in [2.05, 4.69) is 22.2 Å². The van der Waals surface area contributed by atoms with Crippen LogP contribution in [0.3, 0.4) is 0 Å². The first-order valence-electron chi connectivity index (χ1n) is 7.26. The van der Waals surface area contributed by atoms with Crippen molar-refractivity contribution in [1.82, 2.24) is 19.8 Å². The Labute approximate surface area is 125 Å². The summed E-state index contributed by atoms with van der Waals surface area (Å²) in [7, 11) is 4.03. The van der Waals surface area contributed by atoms with Crippen LogP contribution in [0.4, 0.5) is 0 Å². The lowest BCUT2D eigenvalue weighted by atomic mass is 10.1. The smallest absolute Gasteiger partial charge is 0.237 e. The third-order valence-corrected chi connectivity index (χ3v) is 4.79. The molecule has 112 valence electrons. The fourth-order valence-corrected chi connectivity index (χ4v) is 3.30. The van der Waals surface area contributed by atoms with Crippen LogP contribution in [0.25, 0.3) is 0 Å². The molecule has 1 amide bonds. The molecular weight excluding hydrogens is 272 g/mol. The Morgan fingerprint density at radius 2 is 2.30 bits per heavy atom. The summed E-state index contributed by atoms with van der Waals surface area (Å²) in [5.74, 6) is 1.03. The first-order valence-corrected chi connectivity index (χ1v) is 8.25. The van der Waals surface area contributed by atoms with Crippen molar-refractivity contribution < 1.29 is 4.79 Å². The van der Waals surface area contributed by atoms with E-state index in [1.807, 2.05) is 17.8 Å². The van der Waals surface area contributed by atoms with Crippen molar-refractivity contribution in [2.75, 3.05) is 25.9 Å². The van der Waals surface area contributed by atoms with Gasteiger partial charge in [0, 0.05) is 31.7 Å². The normalized spacial score (nSPS) is 20.6. The van der Waals surface area contributed by atoms with Crippen LogP contribution in [-0.2, 0) is 11.8 Å². The summed E-state index contributed by atoms with van der Waals surface area (Å²) in [6.07, 6.45) is 8.31. The summed E-state index contributed by atoms with van der Waals surface area (Å²) >= 11 is 1.67. The van der Waals surface area contributed by atoms with Gasteiger partial charge in [0.05, 0.1) is 6.04 Å². The van der Waals surface area contributed by atoms with Crippen molar-refractivity contribution >= 4 is 17.7 Å². The summed E-state index contributed by atoms with van der Waals surface area (Å²) < 4.78 is 1.99. The Balaban J connectivity index is 1.70. The second kappa shape index (κ2) is 7.69. The van der Waals surface area contributed by atoms with Crippen molar-refractivity contribution in [3.05, 3.63) is 12.4 Å². The number of hydrogen-bond donors (Lipinski definition) is 1. The van der Waals surface area contributed by atoms with Gasteiger partial charge in [0.15, 0.2) is 5.16 Å². The maximum absolute atomic E-state index is 12.2. The van der Waals surface area contributed by atoms with E-state index in [1.165, 1.54) is 12.8 Å². The molecule has 1 aromatic heterocycles. The Kier molecular flexibility index (Phi) is 5.91. The Morgan fingerprint density at radius 3 is 3.05 bits per heavy atom. The molecule has 1 aliphatic rings. The second-order valence-corrected chi connectivity index (χ2v) is 6.37. The minimum absolute atomic E-state index is 0.0515. The zero-order chi connectivity index (χ0) is 14.4. The highest BCUT2D eigenvalue weighted by Crippen LogP contribution is 2.16. The Hall–Kier alpha value is -1.01. The van der Waals surface area contributed by atoms with Gasteiger partial charge in [0.2, 0.25) is 5.91 Å². The number of amides is 1. The lowest BCUT2D eigenvalue weighted by Crippen LogP contribution is -2.45. The summed E-state index contributed by atoms with van der Waals surface area (Å²) in [6.45, 7) is 1.72. The van der Waals surface area contributed by atoms with Crippen molar-refractivity contribution in [1.29, 1.82) is 0 Å². The molecule has 5 nitrogen and oxygen atoms in total. The highest BCUT2D eigenvalue weighted by Gasteiger charge is 2.24. The van der Waals surface area contributed by atoms with Gasteiger partial charge < -0.3 is 9.88 Å². The van der Waals surface area contributed by atoms with E-state index < -0.39 is 0 Å². The zero-order valence-corrected chi connectivity index (χ0v) is 13.2. The van der Waals surface area contributed by atoms with E-state index in [9.17, 15) is 4.79 Å². The molecule has 1 atom stereocenters. The molecule has 1 fully saturated rings. The molecule has 1 aliphatic heterocycles. The third-order valence-electron chi connectivity index (χ3n) is 3.73. The highest BCUT2D eigenvalue weighted by atomic mass is 32.2. The number of likely N-dealkylation sites (tertiary alicyclic amines) is 1. The lowest BCUT2D eigenvalue weighted by Gasteiger charge is -2.24. The van der Waals surface area contributed by atoms with Crippen LogP contribution in [0.5, 0.6) is 0 Å². The minimum atomic E-state index is 0.0515. The predicted octanol–water partition coefficient (Wildman–Crippen LogP) is 1.50. The van der Waals surface area contributed by atoms with Gasteiger partial charge in [0.25, 0.3) is 0 Å². The standard InChI is InChI=1S/C14H24N4OS/c1-17-9-5-3-4-6-12(17)13(19)15-8-11-20-14-16-7-10-18(14)2/h7,10,12H,3-6,8-9,11H2,1-2H3,(H,15,19)/t12-/m1/s1. The number of nitrogens with zero attached hydrogens (tertiary/aromatic N) is 3. The van der Waals surface area contributed by atoms with E-state index in [0.717, 1.165) is 30.3 Å². The number of thioether (sulfide) groups is 1. The van der Waals surface area contributed by atoms with Crippen LogP contribution in [0.1, 0.15) is 25.7 Å². The minimum Gasteiger partial charge on any atom is -0.354 e. The predicted molar refractivity (Wildman–Crippen MR) is 81.8 cm³/mol. The number of nitrogens with one attached hydrogen (secondary N) is 1. The van der Waals surface area contributed by atoms with Gasteiger partial charge in [-0.3, -0.25) is 9.69 Å². The molecule has 1 saturated heterocycles. The van der Waals surface area contributed by atoms with Gasteiger partial charge in [-0.15, -0.1) is 0 Å². The number of carbonyl (C=O) groups is 1. The van der Waals surface area contributed by atoms with Crippen molar-refractivity contribution in [3.8, 4) is 0 Å². The topological polar surface area (TPSA) is 50.2 Å². The van der Waals surface area contributed by atoms with Gasteiger partial charge in [-0.2, -0.15) is 0 Å². The fraction of sp³-hybridized carbons (Fsp3) is 0.714. The first kappa shape index (κ1) is 15.4. The Morgan fingerprint density at radius 1 is 1.45 bits per heavy atom. The third kappa shape index (κ3) is 4.24. The van der Waals surface area contributed by atoms with E-state index in [0.29, 0.717) is 6.54 Å². The molecule has 2 rings (SSSR count). The molecule has 0 unspecified atom stereocenters. The number of likely N-dealkylation sites (N-methyl/N-ethyl adjacent to an activating group) is 1. The SMILES string of the molecule is CN1CCCCC[C@@H]1C(=O)NCCSc1nccn1C. The van der Waals surface area contributed by atoms with Gasteiger partial charge in [0.1, 0.15) is 0 Å². The molecule has 6 heteroatoms. The molecule has 1 N–H and O–H groups in total. The first-order chi connectivity index (χ1) is 9.68. The van der Waals surface area contributed by atoms with Gasteiger partial charge in [-0.25, -0.2) is 4.98 Å².